The molecule has 1 aliphatic rings. The summed E-state index contributed by atoms with van der Waals surface area (Å²) in [6, 6.07) is 13.8. The van der Waals surface area contributed by atoms with Gasteiger partial charge in [-0.25, -0.2) is 4.79 Å². The third-order valence-electron chi connectivity index (χ3n) is 8.66. The van der Waals surface area contributed by atoms with Gasteiger partial charge in [0.1, 0.15) is 6.04 Å². The van der Waals surface area contributed by atoms with Gasteiger partial charge in [-0.2, -0.15) is 11.8 Å². The Hall–Kier alpha value is -2.57. The van der Waals surface area contributed by atoms with Crippen LogP contribution in [0.2, 0.25) is 0 Å². The number of hydrogen-bond acceptors (Lipinski definition) is 4. The third-order valence-corrected chi connectivity index (χ3v) is 9.30. The lowest BCUT2D eigenvalue weighted by atomic mass is 9.83. The van der Waals surface area contributed by atoms with Gasteiger partial charge in [-0.3, -0.25) is 9.69 Å². The summed E-state index contributed by atoms with van der Waals surface area (Å²) in [5, 5.41) is 12.5. The molecular weight excluding hydrogens is 552 g/mol. The molecule has 0 unspecified atom stereocenters. The molecule has 1 saturated carbocycles. The zero-order valence-electron chi connectivity index (χ0n) is 26.5. The van der Waals surface area contributed by atoms with Crippen molar-refractivity contribution in [2.24, 2.45) is 5.92 Å². The molecule has 0 spiro atoms. The van der Waals surface area contributed by atoms with Crippen LogP contribution in [-0.2, 0) is 11.3 Å². The number of aryl methyl sites for hydroxylation is 1. The largest absolute Gasteiger partial charge is 0.480 e. The topological polar surface area (TPSA) is 69.6 Å². The van der Waals surface area contributed by atoms with Crippen molar-refractivity contribution in [2.45, 2.75) is 111 Å². The SMILES string of the molecule is C.CSCC[C@H](NC(=O)c1ccc(CN(C)[C@@H](CCCC=C(C)C)CC2CCCCC2)cc1-c1ccccc1C)C(=O)O. The van der Waals surface area contributed by atoms with Crippen LogP contribution in [0, 0.1) is 12.8 Å². The number of hydrogen-bond donors (Lipinski definition) is 2. The first-order valence-corrected chi connectivity index (χ1v) is 17.1. The van der Waals surface area contributed by atoms with Gasteiger partial charge in [0.25, 0.3) is 5.91 Å². The number of unbranched alkanes of at least 4 members (excludes halogenated alkanes) is 1. The fraction of sp³-hybridized carbons (Fsp3) is 0.568. The monoisotopic (exact) mass is 608 g/mol. The van der Waals surface area contributed by atoms with Crippen LogP contribution in [0.25, 0.3) is 11.1 Å². The number of nitrogens with zero attached hydrogens (tertiary/aromatic N) is 1. The van der Waals surface area contributed by atoms with E-state index in [0.717, 1.165) is 35.6 Å². The highest BCUT2D eigenvalue weighted by molar-refractivity contribution is 7.98. The standard InChI is InChI=1S/C36H52N2O3S.CH4/c1-26(2)13-9-11-17-30(23-28-15-7-6-8-16-28)38(4)25-29-19-20-32(33(24-29)31-18-12-10-14-27(31)3)35(39)37-34(36(40)41)21-22-42-5;/h10,12-14,18-20,24,28,30,34H,6-9,11,15-17,21-23,25H2,1-5H3,(H,37,39)(H,40,41);1H4/t30-,34-;/m0./s1. The highest BCUT2D eigenvalue weighted by Crippen LogP contribution is 2.32. The molecule has 3 rings (SSSR count). The molecule has 1 aliphatic carbocycles. The van der Waals surface area contributed by atoms with Crippen LogP contribution in [0.5, 0.6) is 0 Å². The molecule has 2 atom stereocenters. The van der Waals surface area contributed by atoms with Crippen molar-refractivity contribution in [3.05, 3.63) is 70.8 Å². The fourth-order valence-electron chi connectivity index (χ4n) is 6.20. The summed E-state index contributed by atoms with van der Waals surface area (Å²) in [6.07, 6.45) is 16.3. The van der Waals surface area contributed by atoms with E-state index < -0.39 is 12.0 Å². The molecule has 0 heterocycles. The molecule has 2 aromatic carbocycles. The van der Waals surface area contributed by atoms with E-state index >= 15 is 0 Å². The van der Waals surface area contributed by atoms with Gasteiger partial charge in [0.05, 0.1) is 0 Å². The Morgan fingerprint density at radius 2 is 1.79 bits per heavy atom. The van der Waals surface area contributed by atoms with Gasteiger partial charge < -0.3 is 10.4 Å². The Bertz CT molecular complexity index is 1180. The molecule has 0 aliphatic heterocycles. The third kappa shape index (κ3) is 11.8. The quantitative estimate of drug-likeness (QED) is 0.147. The van der Waals surface area contributed by atoms with Gasteiger partial charge in [0, 0.05) is 18.2 Å². The predicted octanol–water partition coefficient (Wildman–Crippen LogP) is 9.14. The number of thioether (sulfide) groups is 1. The van der Waals surface area contributed by atoms with Crippen molar-refractivity contribution in [3.63, 3.8) is 0 Å². The molecule has 1 amide bonds. The molecule has 0 radical (unpaired) electrons. The number of amides is 1. The number of aliphatic carboxylic acids is 1. The molecule has 0 bridgehead atoms. The zero-order valence-corrected chi connectivity index (χ0v) is 27.3. The van der Waals surface area contributed by atoms with Crippen LogP contribution in [0.4, 0.5) is 0 Å². The molecular formula is C37H56N2O3S. The Morgan fingerprint density at radius 3 is 2.44 bits per heavy atom. The lowest BCUT2D eigenvalue weighted by molar-refractivity contribution is -0.139. The van der Waals surface area contributed by atoms with Crippen LogP contribution in [0.3, 0.4) is 0 Å². The van der Waals surface area contributed by atoms with Crippen molar-refractivity contribution in [3.8, 4) is 11.1 Å². The maximum absolute atomic E-state index is 13.5. The fourth-order valence-corrected chi connectivity index (χ4v) is 6.67. The first kappa shape index (κ1) is 36.6. The number of allylic oxidation sites excluding steroid dienone is 2. The predicted molar refractivity (Wildman–Crippen MR) is 185 cm³/mol. The number of carboxylic acid groups (broad SMARTS) is 1. The second-order valence-electron chi connectivity index (χ2n) is 12.4. The Labute approximate surface area is 265 Å². The highest BCUT2D eigenvalue weighted by Gasteiger charge is 2.25. The smallest absolute Gasteiger partial charge is 0.326 e. The second-order valence-corrected chi connectivity index (χ2v) is 13.3. The summed E-state index contributed by atoms with van der Waals surface area (Å²) < 4.78 is 0. The van der Waals surface area contributed by atoms with Gasteiger partial charge in [-0.15, -0.1) is 0 Å². The Balaban J connectivity index is 0.00000645. The number of nitrogens with one attached hydrogen (secondary N) is 1. The lowest BCUT2D eigenvalue weighted by Crippen LogP contribution is -2.41. The number of carbonyl (C=O) groups is 2. The molecule has 238 valence electrons. The first-order chi connectivity index (χ1) is 20.2. The highest BCUT2D eigenvalue weighted by atomic mass is 32.2. The van der Waals surface area contributed by atoms with Crippen LogP contribution in [-0.4, -0.2) is 53.0 Å². The lowest BCUT2D eigenvalue weighted by Gasteiger charge is -2.33. The van der Waals surface area contributed by atoms with Crippen molar-refractivity contribution in [1.29, 1.82) is 0 Å². The van der Waals surface area contributed by atoms with Crippen LogP contribution < -0.4 is 5.32 Å². The van der Waals surface area contributed by atoms with Crippen molar-refractivity contribution >= 4 is 23.6 Å². The summed E-state index contributed by atoms with van der Waals surface area (Å²) in [6.45, 7) is 7.22. The molecule has 0 aromatic heterocycles. The zero-order chi connectivity index (χ0) is 30.5. The number of benzene rings is 2. The van der Waals surface area contributed by atoms with Crippen LogP contribution in [0.15, 0.2) is 54.1 Å². The average Bonchev–Trinajstić information content (AvgIpc) is 2.97. The molecule has 5 nitrogen and oxygen atoms in total. The molecule has 6 heteroatoms. The van der Waals surface area contributed by atoms with E-state index in [1.807, 2.05) is 36.6 Å². The summed E-state index contributed by atoms with van der Waals surface area (Å²) in [5.41, 5.74) is 6.03. The summed E-state index contributed by atoms with van der Waals surface area (Å²) in [7, 11) is 2.26. The van der Waals surface area contributed by atoms with Gasteiger partial charge in [-0.1, -0.05) is 81.5 Å². The normalized spacial score (nSPS) is 14.9. The minimum Gasteiger partial charge on any atom is -0.480 e. The van der Waals surface area contributed by atoms with E-state index in [2.05, 4.69) is 56.2 Å². The van der Waals surface area contributed by atoms with E-state index in [1.165, 1.54) is 62.5 Å². The number of rotatable bonds is 16. The van der Waals surface area contributed by atoms with E-state index in [4.69, 9.17) is 0 Å². The summed E-state index contributed by atoms with van der Waals surface area (Å²) >= 11 is 1.58. The van der Waals surface area contributed by atoms with E-state index in [9.17, 15) is 14.7 Å². The summed E-state index contributed by atoms with van der Waals surface area (Å²) in [5.74, 6) is 0.151. The molecule has 2 N–H and O–H groups in total. The van der Waals surface area contributed by atoms with Gasteiger partial charge in [0.2, 0.25) is 0 Å². The maximum Gasteiger partial charge on any atom is 0.326 e. The van der Waals surface area contributed by atoms with Crippen molar-refractivity contribution < 1.29 is 14.7 Å². The Kier molecular flexibility index (Phi) is 16.1. The van der Waals surface area contributed by atoms with E-state index in [1.54, 1.807) is 11.8 Å². The molecule has 0 saturated heterocycles. The van der Waals surface area contributed by atoms with E-state index in [-0.39, 0.29) is 13.3 Å². The molecule has 2 aromatic rings. The number of carboxylic acids is 1. The first-order valence-electron chi connectivity index (χ1n) is 15.7. The van der Waals surface area contributed by atoms with E-state index in [0.29, 0.717) is 23.8 Å². The minimum atomic E-state index is -0.998. The average molecular weight is 609 g/mol. The number of carbonyl (C=O) groups excluding carboxylic acids is 1. The Morgan fingerprint density at radius 1 is 1.07 bits per heavy atom. The second kappa shape index (κ2) is 19.0. The molecule has 43 heavy (non-hydrogen) atoms. The van der Waals surface area contributed by atoms with Gasteiger partial charge in [-0.05, 0) is 112 Å². The van der Waals surface area contributed by atoms with Crippen LogP contribution >= 0.6 is 11.8 Å². The molecule has 1 fully saturated rings. The summed E-state index contributed by atoms with van der Waals surface area (Å²) in [4.78, 5) is 27.9. The van der Waals surface area contributed by atoms with Gasteiger partial charge in [0.15, 0.2) is 0 Å². The van der Waals surface area contributed by atoms with Crippen molar-refractivity contribution in [2.75, 3.05) is 19.1 Å². The maximum atomic E-state index is 13.5. The van der Waals surface area contributed by atoms with Gasteiger partial charge >= 0.3 is 5.97 Å². The van der Waals surface area contributed by atoms with Crippen molar-refractivity contribution in [1.82, 2.24) is 10.2 Å². The minimum absolute atomic E-state index is 0. The van der Waals surface area contributed by atoms with Crippen LogP contribution in [0.1, 0.15) is 107 Å².